The van der Waals surface area contributed by atoms with Gasteiger partial charge >= 0.3 is 0 Å². The van der Waals surface area contributed by atoms with Crippen molar-refractivity contribution in [2.24, 2.45) is 7.05 Å². The van der Waals surface area contributed by atoms with Crippen molar-refractivity contribution in [2.75, 3.05) is 0 Å². The van der Waals surface area contributed by atoms with E-state index < -0.39 is 0 Å². The van der Waals surface area contributed by atoms with Crippen molar-refractivity contribution in [3.63, 3.8) is 0 Å². The minimum atomic E-state index is -0.131. The number of ketones is 1. The third kappa shape index (κ3) is 3.12. The van der Waals surface area contributed by atoms with Gasteiger partial charge in [0.05, 0.1) is 20.7 Å². The summed E-state index contributed by atoms with van der Waals surface area (Å²) in [5, 5.41) is 3.94. The maximum Gasteiger partial charge on any atom is 0.185 e. The number of aryl methyl sites for hydroxylation is 1. The van der Waals surface area contributed by atoms with E-state index in [0.29, 0.717) is 9.21 Å². The van der Waals surface area contributed by atoms with Crippen LogP contribution in [0, 0.1) is 0 Å². The summed E-state index contributed by atoms with van der Waals surface area (Å²) in [6.45, 7) is 1.90. The zero-order valence-electron chi connectivity index (χ0n) is 9.38. The second kappa shape index (κ2) is 5.25. The van der Waals surface area contributed by atoms with Crippen molar-refractivity contribution < 1.29 is 4.79 Å². The van der Waals surface area contributed by atoms with E-state index in [1.165, 1.54) is 23.1 Å². The predicted molar refractivity (Wildman–Crippen MR) is 72.2 cm³/mol. The van der Waals surface area contributed by atoms with Crippen molar-refractivity contribution in [1.82, 2.24) is 9.78 Å². The van der Waals surface area contributed by atoms with Crippen LogP contribution in [0.5, 0.6) is 0 Å². The number of Topliss-reactive ketones (excluding diaryl/α,β-unsaturated/α-hetero) is 1. The second-order valence-electron chi connectivity index (χ2n) is 3.58. The first-order chi connectivity index (χ1) is 8.06. The lowest BCUT2D eigenvalue weighted by Crippen LogP contribution is -2.11. The molecule has 0 radical (unpaired) electrons. The fourth-order valence-electron chi connectivity index (χ4n) is 1.36. The number of carbonyl (C=O) groups is 1. The molecule has 0 aliphatic heterocycles. The predicted octanol–water partition coefficient (Wildman–Crippen LogP) is 3.50. The van der Waals surface area contributed by atoms with Crippen LogP contribution in [0.1, 0.15) is 16.6 Å². The number of rotatable bonds is 4. The Hall–Kier alpha value is -0.780. The van der Waals surface area contributed by atoms with Crippen molar-refractivity contribution >= 4 is 40.5 Å². The molecule has 0 N–H and O–H groups in total. The van der Waals surface area contributed by atoms with Crippen molar-refractivity contribution in [1.29, 1.82) is 0 Å². The molecule has 0 aromatic carbocycles. The van der Waals surface area contributed by atoms with Crippen LogP contribution in [0.4, 0.5) is 0 Å². The molecule has 0 spiro atoms. The number of hydrogen-bond acceptors (Lipinski definition) is 4. The summed E-state index contributed by atoms with van der Waals surface area (Å²) in [6, 6.07) is 3.52. The van der Waals surface area contributed by atoms with Gasteiger partial charge in [-0.3, -0.25) is 9.48 Å². The highest BCUT2D eigenvalue weighted by Crippen LogP contribution is 2.28. The quantitative estimate of drug-likeness (QED) is 0.637. The molecule has 0 saturated carbocycles. The second-order valence-corrected chi connectivity index (χ2v) is 6.71. The minimum Gasteiger partial charge on any atom is -0.292 e. The standard InChI is InChI=1S/C11H11ClN2OS2/c1-7(16-8-5-13-14(2)6-8)11(15)9-3-4-10(12)17-9/h3-7H,1-2H3. The molecule has 2 aromatic heterocycles. The first-order valence-electron chi connectivity index (χ1n) is 5.01. The lowest BCUT2D eigenvalue weighted by atomic mass is 10.2. The summed E-state index contributed by atoms with van der Waals surface area (Å²) in [5.74, 6) is 0.107. The molecule has 6 heteroatoms. The van der Waals surface area contributed by atoms with E-state index in [0.717, 1.165) is 4.90 Å². The van der Waals surface area contributed by atoms with Crippen LogP contribution >= 0.6 is 34.7 Å². The summed E-state index contributed by atoms with van der Waals surface area (Å²) >= 11 is 8.65. The number of thiophene rings is 1. The summed E-state index contributed by atoms with van der Waals surface area (Å²) in [7, 11) is 1.86. The Morgan fingerprint density at radius 2 is 2.35 bits per heavy atom. The molecule has 2 rings (SSSR count). The molecular weight excluding hydrogens is 276 g/mol. The maximum absolute atomic E-state index is 12.1. The summed E-state index contributed by atoms with van der Waals surface area (Å²) < 4.78 is 2.37. The molecule has 2 heterocycles. The molecule has 0 saturated heterocycles. The highest BCUT2D eigenvalue weighted by molar-refractivity contribution is 8.00. The Morgan fingerprint density at radius 3 is 2.88 bits per heavy atom. The Bertz CT molecular complexity index is 535. The molecule has 0 aliphatic rings. The Labute approximate surface area is 113 Å². The molecule has 90 valence electrons. The summed E-state index contributed by atoms with van der Waals surface area (Å²) in [6.07, 6.45) is 3.66. The topological polar surface area (TPSA) is 34.9 Å². The first kappa shape index (κ1) is 12.7. The van der Waals surface area contributed by atoms with Gasteiger partial charge in [0.1, 0.15) is 0 Å². The van der Waals surface area contributed by atoms with Gasteiger partial charge in [-0.15, -0.1) is 23.1 Å². The summed E-state index contributed by atoms with van der Waals surface area (Å²) in [5.41, 5.74) is 0. The minimum absolute atomic E-state index is 0.107. The van der Waals surface area contributed by atoms with Gasteiger partial charge in [-0.2, -0.15) is 5.10 Å². The van der Waals surface area contributed by atoms with Crippen LogP contribution in [0.15, 0.2) is 29.4 Å². The number of aromatic nitrogens is 2. The SMILES string of the molecule is CC(Sc1cnn(C)c1)C(=O)c1ccc(Cl)s1. The number of carbonyl (C=O) groups excluding carboxylic acids is 1. The molecule has 3 nitrogen and oxygen atoms in total. The van der Waals surface area contributed by atoms with Gasteiger partial charge in [-0.1, -0.05) is 11.6 Å². The number of nitrogens with zero attached hydrogens (tertiary/aromatic N) is 2. The monoisotopic (exact) mass is 286 g/mol. The average Bonchev–Trinajstić information content (AvgIpc) is 2.87. The van der Waals surface area contributed by atoms with Crippen molar-refractivity contribution in [3.8, 4) is 0 Å². The van der Waals surface area contributed by atoms with Crippen LogP contribution < -0.4 is 0 Å². The zero-order valence-corrected chi connectivity index (χ0v) is 11.8. The van der Waals surface area contributed by atoms with Crippen molar-refractivity contribution in [2.45, 2.75) is 17.1 Å². The molecule has 1 unspecified atom stereocenters. The van der Waals surface area contributed by atoms with Gasteiger partial charge in [0.15, 0.2) is 5.78 Å². The van der Waals surface area contributed by atoms with Crippen LogP contribution in [-0.2, 0) is 7.05 Å². The third-order valence-corrected chi connectivity index (χ3v) is 4.48. The van der Waals surface area contributed by atoms with Crippen LogP contribution in [0.2, 0.25) is 4.34 Å². The van der Waals surface area contributed by atoms with Gasteiger partial charge in [-0.05, 0) is 19.1 Å². The molecule has 1 atom stereocenters. The van der Waals surface area contributed by atoms with Crippen molar-refractivity contribution in [3.05, 3.63) is 33.7 Å². The van der Waals surface area contributed by atoms with E-state index in [4.69, 9.17) is 11.6 Å². The highest BCUT2D eigenvalue weighted by Gasteiger charge is 2.18. The zero-order chi connectivity index (χ0) is 12.4. The van der Waals surface area contributed by atoms with Gasteiger partial charge in [0.2, 0.25) is 0 Å². The summed E-state index contributed by atoms with van der Waals surface area (Å²) in [4.78, 5) is 13.8. The molecule has 0 aliphatic carbocycles. The average molecular weight is 287 g/mol. The largest absolute Gasteiger partial charge is 0.292 e. The lowest BCUT2D eigenvalue weighted by Gasteiger charge is -2.06. The van der Waals surface area contributed by atoms with Crippen LogP contribution in [0.3, 0.4) is 0 Å². The van der Waals surface area contributed by atoms with E-state index in [9.17, 15) is 4.79 Å². The van der Waals surface area contributed by atoms with E-state index in [1.54, 1.807) is 23.0 Å². The smallest absolute Gasteiger partial charge is 0.185 e. The normalized spacial score (nSPS) is 12.6. The molecule has 2 aromatic rings. The number of hydrogen-bond donors (Lipinski definition) is 0. The molecule has 0 bridgehead atoms. The van der Waals surface area contributed by atoms with Gasteiger partial charge < -0.3 is 0 Å². The fourth-order valence-corrected chi connectivity index (χ4v) is 3.47. The molecule has 0 fully saturated rings. The Balaban J connectivity index is 2.05. The Kier molecular flexibility index (Phi) is 3.91. The van der Waals surface area contributed by atoms with Gasteiger partial charge in [0, 0.05) is 18.1 Å². The van der Waals surface area contributed by atoms with E-state index in [1.807, 2.05) is 20.2 Å². The Morgan fingerprint density at radius 1 is 1.59 bits per heavy atom. The van der Waals surface area contributed by atoms with Gasteiger partial charge in [-0.25, -0.2) is 0 Å². The van der Waals surface area contributed by atoms with E-state index in [2.05, 4.69) is 5.10 Å². The van der Waals surface area contributed by atoms with E-state index >= 15 is 0 Å². The molecular formula is C11H11ClN2OS2. The van der Waals surface area contributed by atoms with Crippen LogP contribution in [-0.4, -0.2) is 20.8 Å². The maximum atomic E-state index is 12.1. The number of halogens is 1. The lowest BCUT2D eigenvalue weighted by molar-refractivity contribution is 0.0998. The fraction of sp³-hybridized carbons (Fsp3) is 0.273. The van der Waals surface area contributed by atoms with Crippen LogP contribution in [0.25, 0.3) is 0 Å². The molecule has 0 amide bonds. The third-order valence-electron chi connectivity index (χ3n) is 2.18. The highest BCUT2D eigenvalue weighted by atomic mass is 35.5. The number of thioether (sulfide) groups is 1. The molecule has 17 heavy (non-hydrogen) atoms. The van der Waals surface area contributed by atoms with E-state index in [-0.39, 0.29) is 11.0 Å². The first-order valence-corrected chi connectivity index (χ1v) is 7.08. The van der Waals surface area contributed by atoms with Gasteiger partial charge in [0.25, 0.3) is 0 Å².